The highest BCUT2D eigenvalue weighted by Gasteiger charge is 2.37. The van der Waals surface area contributed by atoms with Gasteiger partial charge in [-0.1, -0.05) is 12.1 Å². The van der Waals surface area contributed by atoms with Crippen molar-refractivity contribution >= 4 is 15.7 Å². The van der Waals surface area contributed by atoms with Crippen LogP contribution in [0.25, 0.3) is 11.3 Å². The van der Waals surface area contributed by atoms with E-state index in [1.165, 1.54) is 42.2 Å². The number of para-hydroxylation sites is 1. The number of hydrogen-bond donors (Lipinski definition) is 0. The molecular formula is C24H23F2NO5S. The van der Waals surface area contributed by atoms with Crippen molar-refractivity contribution in [2.45, 2.75) is 32.0 Å². The van der Waals surface area contributed by atoms with Crippen molar-refractivity contribution in [3.63, 3.8) is 0 Å². The van der Waals surface area contributed by atoms with Gasteiger partial charge in [0.05, 0.1) is 18.1 Å². The summed E-state index contributed by atoms with van der Waals surface area (Å²) in [5.74, 6) is -0.735. The molecule has 3 aromatic rings. The van der Waals surface area contributed by atoms with Gasteiger partial charge in [0.15, 0.2) is 27.5 Å². The Hall–Kier alpha value is -3.20. The molecule has 1 fully saturated rings. The third-order valence-electron chi connectivity index (χ3n) is 5.54. The number of benzene rings is 2. The van der Waals surface area contributed by atoms with E-state index in [9.17, 15) is 22.0 Å². The second-order valence-corrected chi connectivity index (χ2v) is 10.2. The highest BCUT2D eigenvalue weighted by Crippen LogP contribution is 2.27. The lowest BCUT2D eigenvalue weighted by Gasteiger charge is -2.30. The first kappa shape index (κ1) is 23.0. The molecule has 1 aromatic heterocycles. The molecule has 2 heterocycles. The lowest BCUT2D eigenvalue weighted by molar-refractivity contribution is -0.141. The maximum atomic E-state index is 14.0. The van der Waals surface area contributed by atoms with Crippen LogP contribution in [0.4, 0.5) is 8.78 Å². The van der Waals surface area contributed by atoms with Gasteiger partial charge in [0.1, 0.15) is 17.3 Å². The summed E-state index contributed by atoms with van der Waals surface area (Å²) in [6, 6.07) is 14.4. The van der Waals surface area contributed by atoms with Crippen LogP contribution in [0, 0.1) is 11.6 Å². The largest absolute Gasteiger partial charge is 0.478 e. The zero-order valence-electron chi connectivity index (χ0n) is 17.9. The molecule has 1 aliphatic heterocycles. The minimum atomic E-state index is -3.26. The monoisotopic (exact) mass is 475 g/mol. The third kappa shape index (κ3) is 5.42. The molecule has 0 aliphatic carbocycles. The second kappa shape index (κ2) is 9.35. The van der Waals surface area contributed by atoms with Gasteiger partial charge < -0.3 is 14.1 Å². The average molecular weight is 476 g/mol. The van der Waals surface area contributed by atoms with Gasteiger partial charge in [-0.05, 0) is 61.9 Å². The molecule has 0 bridgehead atoms. The molecule has 0 spiro atoms. The summed E-state index contributed by atoms with van der Waals surface area (Å²) in [5, 5.41) is 0. The van der Waals surface area contributed by atoms with Gasteiger partial charge in [-0.25, -0.2) is 17.2 Å². The number of nitrogens with zero attached hydrogens (tertiary/aromatic N) is 1. The fourth-order valence-corrected chi connectivity index (χ4v) is 5.55. The predicted molar refractivity (Wildman–Crippen MR) is 118 cm³/mol. The van der Waals surface area contributed by atoms with Crippen LogP contribution in [0.5, 0.6) is 5.75 Å². The van der Waals surface area contributed by atoms with E-state index in [0.717, 1.165) is 0 Å². The minimum absolute atomic E-state index is 0.0109. The fraction of sp³-hybridized carbons (Fsp3) is 0.292. The number of rotatable bonds is 7. The van der Waals surface area contributed by atoms with E-state index in [1.807, 2.05) is 0 Å². The van der Waals surface area contributed by atoms with Crippen molar-refractivity contribution in [1.29, 1.82) is 0 Å². The van der Waals surface area contributed by atoms with Crippen LogP contribution >= 0.6 is 0 Å². The molecule has 0 unspecified atom stereocenters. The van der Waals surface area contributed by atoms with Crippen LogP contribution < -0.4 is 4.74 Å². The van der Waals surface area contributed by atoms with E-state index in [1.54, 1.807) is 30.3 Å². The van der Waals surface area contributed by atoms with Crippen molar-refractivity contribution in [2.75, 3.05) is 11.5 Å². The average Bonchev–Trinajstić information content (AvgIpc) is 3.39. The summed E-state index contributed by atoms with van der Waals surface area (Å²) < 4.78 is 62.7. The van der Waals surface area contributed by atoms with E-state index in [4.69, 9.17) is 9.15 Å². The molecule has 1 amide bonds. The zero-order chi connectivity index (χ0) is 23.6. The maximum absolute atomic E-state index is 14.0. The van der Waals surface area contributed by atoms with Gasteiger partial charge in [0.25, 0.3) is 5.91 Å². The van der Waals surface area contributed by atoms with Crippen molar-refractivity contribution in [1.82, 2.24) is 4.90 Å². The molecule has 0 N–H and O–H groups in total. The number of amides is 1. The highest BCUT2D eigenvalue weighted by molar-refractivity contribution is 7.91. The Morgan fingerprint density at radius 3 is 2.52 bits per heavy atom. The quantitative estimate of drug-likeness (QED) is 0.512. The number of sulfone groups is 1. The number of carbonyl (C=O) groups excluding carboxylic acids is 1. The number of halogens is 2. The third-order valence-corrected chi connectivity index (χ3v) is 7.29. The van der Waals surface area contributed by atoms with E-state index >= 15 is 0 Å². The topological polar surface area (TPSA) is 76.8 Å². The van der Waals surface area contributed by atoms with E-state index < -0.39 is 33.7 Å². The van der Waals surface area contributed by atoms with Crippen molar-refractivity contribution < 1.29 is 31.1 Å². The summed E-state index contributed by atoms with van der Waals surface area (Å²) in [6.07, 6.45) is -0.747. The smallest absolute Gasteiger partial charge is 0.264 e. The Morgan fingerprint density at radius 1 is 1.12 bits per heavy atom. The Balaban J connectivity index is 1.56. The van der Waals surface area contributed by atoms with Crippen LogP contribution in [-0.4, -0.2) is 42.9 Å². The molecule has 9 heteroatoms. The first-order chi connectivity index (χ1) is 15.7. The predicted octanol–water partition coefficient (Wildman–Crippen LogP) is 4.21. The summed E-state index contributed by atoms with van der Waals surface area (Å²) in [7, 11) is -3.26. The summed E-state index contributed by atoms with van der Waals surface area (Å²) in [6.45, 7) is 1.52. The Kier molecular flexibility index (Phi) is 6.51. The van der Waals surface area contributed by atoms with Crippen molar-refractivity contribution in [3.05, 3.63) is 78.1 Å². The van der Waals surface area contributed by atoms with Gasteiger partial charge in [0.2, 0.25) is 0 Å². The summed E-state index contributed by atoms with van der Waals surface area (Å²) >= 11 is 0. The molecule has 1 aliphatic rings. The summed E-state index contributed by atoms with van der Waals surface area (Å²) in [5.41, 5.74) is 0.667. The van der Waals surface area contributed by atoms with E-state index in [-0.39, 0.29) is 29.6 Å². The summed E-state index contributed by atoms with van der Waals surface area (Å²) in [4.78, 5) is 14.7. The van der Waals surface area contributed by atoms with Crippen LogP contribution in [0.15, 0.2) is 65.1 Å². The van der Waals surface area contributed by atoms with E-state index in [0.29, 0.717) is 23.5 Å². The lowest BCUT2D eigenvalue weighted by atomic mass is 10.1. The van der Waals surface area contributed by atoms with Gasteiger partial charge in [-0.3, -0.25) is 4.79 Å². The number of ether oxygens (including phenoxy) is 1. The zero-order valence-corrected chi connectivity index (χ0v) is 18.7. The molecule has 1 saturated heterocycles. The maximum Gasteiger partial charge on any atom is 0.264 e. The van der Waals surface area contributed by atoms with Crippen LogP contribution in [-0.2, 0) is 21.2 Å². The molecule has 2 atom stereocenters. The van der Waals surface area contributed by atoms with E-state index in [2.05, 4.69) is 0 Å². The molecule has 2 aromatic carbocycles. The second-order valence-electron chi connectivity index (χ2n) is 7.99. The number of furan rings is 1. The molecular weight excluding hydrogens is 452 g/mol. The first-order valence-electron chi connectivity index (χ1n) is 10.5. The van der Waals surface area contributed by atoms with Gasteiger partial charge in [-0.2, -0.15) is 0 Å². The fourth-order valence-electron chi connectivity index (χ4n) is 3.82. The Morgan fingerprint density at radius 2 is 1.85 bits per heavy atom. The van der Waals surface area contributed by atoms with Gasteiger partial charge in [0, 0.05) is 11.6 Å². The molecule has 0 saturated carbocycles. The highest BCUT2D eigenvalue weighted by atomic mass is 32.2. The standard InChI is InChI=1S/C24H23F2NO5S/c1-16(31-23-5-3-2-4-21(23)26)24(28)27(19-12-13-33(29,30)15-19)14-20-10-11-22(32-20)17-6-8-18(25)9-7-17/h2-11,16,19H,12-15H2,1H3/t16-,19-/m0/s1. The number of hydrogen-bond acceptors (Lipinski definition) is 5. The van der Waals surface area contributed by atoms with Crippen LogP contribution in [0.2, 0.25) is 0 Å². The lowest BCUT2D eigenvalue weighted by Crippen LogP contribution is -2.46. The Bertz CT molecular complexity index is 1240. The van der Waals surface area contributed by atoms with Crippen LogP contribution in [0.3, 0.4) is 0 Å². The molecule has 174 valence electrons. The van der Waals surface area contributed by atoms with Gasteiger partial charge in [-0.15, -0.1) is 0 Å². The van der Waals surface area contributed by atoms with Crippen molar-refractivity contribution in [3.8, 4) is 17.1 Å². The molecule has 33 heavy (non-hydrogen) atoms. The molecule has 6 nitrogen and oxygen atoms in total. The van der Waals surface area contributed by atoms with Gasteiger partial charge >= 0.3 is 0 Å². The van der Waals surface area contributed by atoms with Crippen molar-refractivity contribution in [2.24, 2.45) is 0 Å². The normalized spacial score (nSPS) is 18.1. The van der Waals surface area contributed by atoms with Crippen LogP contribution in [0.1, 0.15) is 19.1 Å². The minimum Gasteiger partial charge on any atom is -0.478 e. The SMILES string of the molecule is C[C@H](Oc1ccccc1F)C(=O)N(Cc1ccc(-c2ccc(F)cc2)o1)[C@H]1CCS(=O)(=O)C1. The first-order valence-corrected chi connectivity index (χ1v) is 12.3. The molecule has 4 rings (SSSR count). The molecule has 0 radical (unpaired) electrons. The number of carbonyl (C=O) groups is 1. The Labute approximate surface area is 190 Å².